The highest BCUT2D eigenvalue weighted by Gasteiger charge is 2.13. The number of hydrogen-bond donors (Lipinski definition) is 2. The van der Waals surface area contributed by atoms with Gasteiger partial charge in [0.05, 0.1) is 12.7 Å². The molecule has 0 spiro atoms. The molecule has 5 heteroatoms. The molecule has 0 bridgehead atoms. The van der Waals surface area contributed by atoms with Crippen LogP contribution in [0, 0.1) is 12.7 Å². The molecule has 0 aliphatic carbocycles. The van der Waals surface area contributed by atoms with Crippen molar-refractivity contribution in [1.82, 2.24) is 10.3 Å². The number of nitrogens with one attached hydrogen (secondary N) is 2. The van der Waals surface area contributed by atoms with Crippen LogP contribution in [0.2, 0.25) is 0 Å². The van der Waals surface area contributed by atoms with Crippen LogP contribution in [0.4, 0.5) is 4.39 Å². The minimum Gasteiger partial charge on any atom is -0.496 e. The van der Waals surface area contributed by atoms with E-state index in [4.69, 9.17) is 4.74 Å². The summed E-state index contributed by atoms with van der Waals surface area (Å²) in [5.74, 6) is 0.0947. The number of carbonyl (C=O) groups is 1. The molecule has 0 saturated carbocycles. The fourth-order valence-electron chi connectivity index (χ4n) is 2.91. The molecular formula is C19H19FN2O2. The van der Waals surface area contributed by atoms with Crippen LogP contribution in [-0.4, -0.2) is 24.5 Å². The van der Waals surface area contributed by atoms with Crippen LogP contribution in [0.1, 0.15) is 21.6 Å². The molecule has 0 aliphatic heterocycles. The number of H-pyrrole nitrogens is 1. The molecule has 0 aliphatic rings. The predicted octanol–water partition coefficient (Wildman–Crippen LogP) is 3.60. The third kappa shape index (κ3) is 3.11. The van der Waals surface area contributed by atoms with Gasteiger partial charge in [0.15, 0.2) is 0 Å². The third-order valence-corrected chi connectivity index (χ3v) is 4.09. The smallest absolute Gasteiger partial charge is 0.255 e. The van der Waals surface area contributed by atoms with E-state index in [0.29, 0.717) is 24.3 Å². The van der Waals surface area contributed by atoms with Gasteiger partial charge in [-0.2, -0.15) is 0 Å². The maximum Gasteiger partial charge on any atom is 0.255 e. The topological polar surface area (TPSA) is 54.1 Å². The van der Waals surface area contributed by atoms with Crippen LogP contribution in [-0.2, 0) is 6.42 Å². The number of amides is 1. The number of halogens is 1. The summed E-state index contributed by atoms with van der Waals surface area (Å²) in [6.45, 7) is 2.41. The van der Waals surface area contributed by atoms with E-state index in [-0.39, 0.29) is 11.7 Å². The molecule has 1 aromatic heterocycles. The first-order valence-corrected chi connectivity index (χ1v) is 7.78. The second kappa shape index (κ2) is 6.74. The Balaban J connectivity index is 1.72. The molecule has 0 atom stereocenters. The lowest BCUT2D eigenvalue weighted by molar-refractivity contribution is 0.0951. The summed E-state index contributed by atoms with van der Waals surface area (Å²) < 4.78 is 18.7. The summed E-state index contributed by atoms with van der Waals surface area (Å²) in [4.78, 5) is 15.5. The Hall–Kier alpha value is -2.82. The normalized spacial score (nSPS) is 10.8. The zero-order chi connectivity index (χ0) is 17.1. The Morgan fingerprint density at radius 2 is 2.04 bits per heavy atom. The minimum absolute atomic E-state index is 0.184. The van der Waals surface area contributed by atoms with E-state index in [9.17, 15) is 9.18 Å². The van der Waals surface area contributed by atoms with Crippen molar-refractivity contribution < 1.29 is 13.9 Å². The van der Waals surface area contributed by atoms with Crippen molar-refractivity contribution in [3.63, 3.8) is 0 Å². The van der Waals surface area contributed by atoms with Crippen LogP contribution in [0.25, 0.3) is 10.9 Å². The first kappa shape index (κ1) is 16.1. The predicted molar refractivity (Wildman–Crippen MR) is 92.0 cm³/mol. The van der Waals surface area contributed by atoms with Gasteiger partial charge < -0.3 is 15.0 Å². The summed E-state index contributed by atoms with van der Waals surface area (Å²) in [6.07, 6.45) is 0.621. The van der Waals surface area contributed by atoms with Gasteiger partial charge in [-0.1, -0.05) is 12.1 Å². The van der Waals surface area contributed by atoms with E-state index < -0.39 is 0 Å². The zero-order valence-corrected chi connectivity index (χ0v) is 13.7. The molecule has 0 fully saturated rings. The van der Waals surface area contributed by atoms with Crippen LogP contribution in [0.15, 0.2) is 42.5 Å². The number of methoxy groups -OCH3 is 1. The Bertz CT molecular complexity index is 886. The molecule has 3 rings (SSSR count). The van der Waals surface area contributed by atoms with Gasteiger partial charge in [0.1, 0.15) is 11.6 Å². The molecule has 124 valence electrons. The van der Waals surface area contributed by atoms with E-state index >= 15 is 0 Å². The van der Waals surface area contributed by atoms with E-state index in [1.165, 1.54) is 19.2 Å². The number of para-hydroxylation sites is 1. The number of rotatable bonds is 5. The second-order valence-electron chi connectivity index (χ2n) is 5.62. The molecule has 0 saturated heterocycles. The maximum atomic E-state index is 13.5. The minimum atomic E-state index is -0.263. The Morgan fingerprint density at radius 1 is 1.25 bits per heavy atom. The van der Waals surface area contributed by atoms with Crippen molar-refractivity contribution in [2.45, 2.75) is 13.3 Å². The molecule has 3 aromatic rings. The number of aromatic nitrogens is 1. The monoisotopic (exact) mass is 326 g/mol. The fourth-order valence-corrected chi connectivity index (χ4v) is 2.91. The van der Waals surface area contributed by atoms with Gasteiger partial charge in [0.25, 0.3) is 5.91 Å². The molecule has 0 radical (unpaired) electrons. The van der Waals surface area contributed by atoms with Gasteiger partial charge in [0.2, 0.25) is 0 Å². The van der Waals surface area contributed by atoms with Crippen molar-refractivity contribution >= 4 is 16.8 Å². The summed E-state index contributed by atoms with van der Waals surface area (Å²) >= 11 is 0. The largest absolute Gasteiger partial charge is 0.496 e. The number of aromatic amines is 1. The number of carbonyl (C=O) groups excluding carboxylic acids is 1. The van der Waals surface area contributed by atoms with Gasteiger partial charge in [-0.05, 0) is 49.2 Å². The zero-order valence-electron chi connectivity index (χ0n) is 13.7. The third-order valence-electron chi connectivity index (χ3n) is 4.09. The maximum absolute atomic E-state index is 13.5. The van der Waals surface area contributed by atoms with Crippen LogP contribution in [0.5, 0.6) is 5.75 Å². The SMILES string of the molecule is COc1ccccc1C(=O)NCCc1c(C)[nH]c2ccc(F)cc12. The van der Waals surface area contributed by atoms with E-state index in [1.807, 2.05) is 13.0 Å². The molecular weight excluding hydrogens is 307 g/mol. The summed E-state index contributed by atoms with van der Waals surface area (Å²) in [5, 5.41) is 3.75. The van der Waals surface area contributed by atoms with Gasteiger partial charge in [-0.25, -0.2) is 4.39 Å². The van der Waals surface area contributed by atoms with Crippen LogP contribution < -0.4 is 10.1 Å². The van der Waals surface area contributed by atoms with Crippen molar-refractivity contribution in [2.24, 2.45) is 0 Å². The average Bonchev–Trinajstić information content (AvgIpc) is 2.90. The van der Waals surface area contributed by atoms with E-state index in [2.05, 4.69) is 10.3 Å². The molecule has 1 heterocycles. The van der Waals surface area contributed by atoms with Gasteiger partial charge in [0, 0.05) is 23.1 Å². The summed E-state index contributed by atoms with van der Waals surface area (Å²) in [7, 11) is 1.54. The average molecular weight is 326 g/mol. The summed E-state index contributed by atoms with van der Waals surface area (Å²) in [6, 6.07) is 11.8. The Morgan fingerprint density at radius 3 is 2.83 bits per heavy atom. The lowest BCUT2D eigenvalue weighted by Gasteiger charge is -2.09. The highest BCUT2D eigenvalue weighted by molar-refractivity contribution is 5.97. The van der Waals surface area contributed by atoms with Crippen molar-refractivity contribution in [2.75, 3.05) is 13.7 Å². The molecule has 2 aromatic carbocycles. The lowest BCUT2D eigenvalue weighted by Crippen LogP contribution is -2.26. The molecule has 0 unspecified atom stereocenters. The molecule has 4 nitrogen and oxygen atoms in total. The first-order valence-electron chi connectivity index (χ1n) is 7.78. The number of ether oxygens (including phenoxy) is 1. The van der Waals surface area contributed by atoms with E-state index in [0.717, 1.165) is 22.2 Å². The van der Waals surface area contributed by atoms with Crippen molar-refractivity contribution in [1.29, 1.82) is 0 Å². The first-order chi connectivity index (χ1) is 11.6. The lowest BCUT2D eigenvalue weighted by atomic mass is 10.1. The molecule has 1 amide bonds. The van der Waals surface area contributed by atoms with Crippen LogP contribution in [0.3, 0.4) is 0 Å². The van der Waals surface area contributed by atoms with E-state index in [1.54, 1.807) is 24.3 Å². The fraction of sp³-hybridized carbons (Fsp3) is 0.211. The second-order valence-corrected chi connectivity index (χ2v) is 5.62. The van der Waals surface area contributed by atoms with Gasteiger partial charge >= 0.3 is 0 Å². The number of hydrogen-bond acceptors (Lipinski definition) is 2. The van der Waals surface area contributed by atoms with Crippen molar-refractivity contribution in [3.8, 4) is 5.75 Å². The number of aryl methyl sites for hydroxylation is 1. The Labute approximate surface area is 139 Å². The highest BCUT2D eigenvalue weighted by Crippen LogP contribution is 2.23. The molecule has 24 heavy (non-hydrogen) atoms. The van der Waals surface area contributed by atoms with Gasteiger partial charge in [-0.3, -0.25) is 4.79 Å². The Kier molecular flexibility index (Phi) is 4.51. The van der Waals surface area contributed by atoms with Gasteiger partial charge in [-0.15, -0.1) is 0 Å². The quantitative estimate of drug-likeness (QED) is 0.753. The number of benzene rings is 2. The highest BCUT2D eigenvalue weighted by atomic mass is 19.1. The number of fused-ring (bicyclic) bond motifs is 1. The standard InChI is InChI=1S/C19H19FN2O2/c1-12-14(16-11-13(20)7-8-17(16)22-12)9-10-21-19(23)15-5-3-4-6-18(15)24-2/h3-8,11,22H,9-10H2,1-2H3,(H,21,23). The van der Waals surface area contributed by atoms with Crippen molar-refractivity contribution in [3.05, 3.63) is 65.1 Å². The van der Waals surface area contributed by atoms with Crippen LogP contribution >= 0.6 is 0 Å². The molecule has 2 N–H and O–H groups in total. The summed E-state index contributed by atoms with van der Waals surface area (Å²) in [5.41, 5.74) is 3.41.